The molecule has 0 saturated heterocycles. The molecule has 0 heterocycles. The van der Waals surface area contributed by atoms with Crippen LogP contribution in [0.1, 0.15) is 32.3 Å². The summed E-state index contributed by atoms with van der Waals surface area (Å²) in [5.41, 5.74) is 0.890. The maximum Gasteiger partial charge on any atom is 0.418 e. The Morgan fingerprint density at radius 2 is 1.27 bits per heavy atom. The normalized spacial score (nSPS) is 12.2. The second kappa shape index (κ2) is 15.6. The number of para-hydroxylation sites is 1. The van der Waals surface area contributed by atoms with E-state index in [4.69, 9.17) is 0 Å². The van der Waals surface area contributed by atoms with Gasteiger partial charge in [0.05, 0.1) is 11.3 Å². The first-order valence-electron chi connectivity index (χ1n) is 15.8. The van der Waals surface area contributed by atoms with E-state index in [-0.39, 0.29) is 11.4 Å². The van der Waals surface area contributed by atoms with E-state index in [0.717, 1.165) is 34.2 Å². The third-order valence-electron chi connectivity index (χ3n) is 7.85. The van der Waals surface area contributed by atoms with Crippen molar-refractivity contribution in [2.24, 2.45) is 0 Å². The van der Waals surface area contributed by atoms with Crippen LogP contribution in [0.4, 0.5) is 24.5 Å². The molecule has 0 aliphatic rings. The molecule has 0 aliphatic heterocycles. The summed E-state index contributed by atoms with van der Waals surface area (Å²) in [4.78, 5) is 41.0. The van der Waals surface area contributed by atoms with Crippen molar-refractivity contribution in [2.75, 3.05) is 10.6 Å². The predicted octanol–water partition coefficient (Wildman–Crippen LogP) is 9.74. The molecule has 0 radical (unpaired) electrons. The molecule has 1 atom stereocenters. The number of alkyl halides is 3. The lowest BCUT2D eigenvalue weighted by atomic mass is 10.0. The highest BCUT2D eigenvalue weighted by Crippen LogP contribution is 2.39. The summed E-state index contributed by atoms with van der Waals surface area (Å²) in [7, 11) is 0. The fourth-order valence-corrected chi connectivity index (χ4v) is 6.39. The number of fused-ring (bicyclic) bond motifs is 1. The Hall–Kier alpha value is -6.13. The number of amides is 3. The van der Waals surface area contributed by atoms with Gasteiger partial charge in [-0.25, -0.2) is 0 Å². The number of anilines is 2. The van der Waals surface area contributed by atoms with Crippen LogP contribution in [0, 0.1) is 0 Å². The van der Waals surface area contributed by atoms with Gasteiger partial charge < -0.3 is 16.0 Å². The fourth-order valence-electron chi connectivity index (χ4n) is 5.36. The van der Waals surface area contributed by atoms with Crippen LogP contribution < -0.4 is 16.0 Å². The van der Waals surface area contributed by atoms with Crippen LogP contribution in [-0.2, 0) is 15.8 Å². The molecule has 0 bridgehead atoms. The summed E-state index contributed by atoms with van der Waals surface area (Å²) in [6, 6.07) is 42.2. The summed E-state index contributed by atoms with van der Waals surface area (Å²) in [6.45, 7) is 0. The van der Waals surface area contributed by atoms with Crippen LogP contribution in [0.25, 0.3) is 16.8 Å². The summed E-state index contributed by atoms with van der Waals surface area (Å²) >= 11 is 1.15. The lowest BCUT2D eigenvalue weighted by Crippen LogP contribution is -2.30. The zero-order chi connectivity index (χ0) is 35.8. The molecule has 0 aromatic heterocycles. The Labute approximate surface area is 296 Å². The summed E-state index contributed by atoms with van der Waals surface area (Å²) in [6.07, 6.45) is -3.02. The van der Waals surface area contributed by atoms with Crippen molar-refractivity contribution in [3.63, 3.8) is 0 Å². The van der Waals surface area contributed by atoms with E-state index in [1.807, 2.05) is 42.5 Å². The summed E-state index contributed by atoms with van der Waals surface area (Å²) < 4.78 is 40.9. The highest BCUT2D eigenvalue weighted by molar-refractivity contribution is 8.00. The van der Waals surface area contributed by atoms with Crippen LogP contribution >= 0.6 is 11.8 Å². The largest absolute Gasteiger partial charge is 0.418 e. The molecule has 6 aromatic rings. The average molecular weight is 702 g/mol. The van der Waals surface area contributed by atoms with Gasteiger partial charge in [-0.1, -0.05) is 103 Å². The van der Waals surface area contributed by atoms with E-state index in [0.29, 0.717) is 21.7 Å². The third kappa shape index (κ3) is 8.73. The Morgan fingerprint density at radius 3 is 2.00 bits per heavy atom. The zero-order valence-electron chi connectivity index (χ0n) is 26.9. The van der Waals surface area contributed by atoms with Gasteiger partial charge in [0, 0.05) is 16.1 Å². The second-order valence-electron chi connectivity index (χ2n) is 11.4. The molecule has 1 unspecified atom stereocenters. The highest BCUT2D eigenvalue weighted by Gasteiger charge is 2.34. The minimum absolute atomic E-state index is 0.0265. The molecule has 6 nitrogen and oxygen atoms in total. The van der Waals surface area contributed by atoms with Gasteiger partial charge >= 0.3 is 6.18 Å². The molecule has 6 rings (SSSR count). The van der Waals surface area contributed by atoms with Gasteiger partial charge in [0.2, 0.25) is 5.91 Å². The molecule has 3 N–H and O–H groups in total. The van der Waals surface area contributed by atoms with Gasteiger partial charge in [0.15, 0.2) is 0 Å². The maximum absolute atomic E-state index is 13.7. The molecule has 0 aliphatic carbocycles. The smallest absolute Gasteiger partial charge is 0.324 e. The molecule has 10 heteroatoms. The predicted molar refractivity (Wildman–Crippen MR) is 196 cm³/mol. The van der Waals surface area contributed by atoms with Gasteiger partial charge in [0.25, 0.3) is 11.8 Å². The van der Waals surface area contributed by atoms with Crippen LogP contribution in [0.2, 0.25) is 0 Å². The quantitative estimate of drug-likeness (QED) is 0.0981. The van der Waals surface area contributed by atoms with E-state index < -0.39 is 34.7 Å². The van der Waals surface area contributed by atoms with E-state index in [1.165, 1.54) is 18.2 Å². The van der Waals surface area contributed by atoms with Crippen molar-refractivity contribution in [3.05, 3.63) is 180 Å². The van der Waals surface area contributed by atoms with Gasteiger partial charge in [-0.2, -0.15) is 13.2 Å². The van der Waals surface area contributed by atoms with Crippen molar-refractivity contribution in [1.82, 2.24) is 5.32 Å². The number of carbonyl (C=O) groups is 3. The first-order valence-corrected chi connectivity index (χ1v) is 16.7. The molecule has 6 aromatic carbocycles. The third-order valence-corrected chi connectivity index (χ3v) is 9.12. The lowest BCUT2D eigenvalue weighted by Gasteiger charge is -2.19. The summed E-state index contributed by atoms with van der Waals surface area (Å²) in [5, 5.41) is 9.05. The van der Waals surface area contributed by atoms with Gasteiger partial charge in [-0.15, -0.1) is 11.8 Å². The van der Waals surface area contributed by atoms with E-state index >= 15 is 0 Å². The monoisotopic (exact) mass is 701 g/mol. The Morgan fingerprint density at radius 1 is 0.647 bits per heavy atom. The summed E-state index contributed by atoms with van der Waals surface area (Å²) in [5.74, 6) is -1.64. The molecular weight excluding hydrogens is 672 g/mol. The minimum atomic E-state index is -4.65. The molecule has 254 valence electrons. The van der Waals surface area contributed by atoms with Crippen molar-refractivity contribution in [3.8, 4) is 0 Å². The molecule has 0 saturated carbocycles. The molecular formula is C41H30F3N3O3S. The number of halogens is 3. The highest BCUT2D eigenvalue weighted by atomic mass is 32.2. The first kappa shape index (κ1) is 34.7. The SMILES string of the molecule is O=C(Nc1ccc(SC(C(=O)Nc2ccccc2C(F)(F)F)c2ccccc2)cc1)/C(=C/c1cccc2ccccc12)NC(=O)c1ccccc1. The fraction of sp³-hybridized carbons (Fsp3) is 0.0488. The van der Waals surface area contributed by atoms with E-state index in [1.54, 1.807) is 91.0 Å². The number of nitrogens with one attached hydrogen (secondary N) is 3. The van der Waals surface area contributed by atoms with Crippen LogP contribution in [0.15, 0.2) is 162 Å². The van der Waals surface area contributed by atoms with Crippen LogP contribution in [-0.4, -0.2) is 17.7 Å². The molecule has 3 amide bonds. The average Bonchev–Trinajstić information content (AvgIpc) is 3.14. The first-order chi connectivity index (χ1) is 24.7. The van der Waals surface area contributed by atoms with Crippen molar-refractivity contribution >= 4 is 57.7 Å². The Bertz CT molecular complexity index is 2200. The number of carbonyl (C=O) groups excluding carboxylic acids is 3. The number of hydrogen-bond acceptors (Lipinski definition) is 4. The minimum Gasteiger partial charge on any atom is -0.324 e. The molecule has 51 heavy (non-hydrogen) atoms. The number of thioether (sulfide) groups is 1. The van der Waals surface area contributed by atoms with Crippen LogP contribution in [0.5, 0.6) is 0 Å². The zero-order valence-corrected chi connectivity index (χ0v) is 27.7. The van der Waals surface area contributed by atoms with Gasteiger partial charge in [-0.05, 0) is 76.5 Å². The Kier molecular flexibility index (Phi) is 10.6. The van der Waals surface area contributed by atoms with Gasteiger partial charge in [0.1, 0.15) is 10.9 Å². The molecule has 0 fully saturated rings. The van der Waals surface area contributed by atoms with Crippen LogP contribution in [0.3, 0.4) is 0 Å². The van der Waals surface area contributed by atoms with E-state index in [9.17, 15) is 27.6 Å². The standard InChI is InChI=1S/C41H30F3N3O3S/c42-41(43,44)34-20-9-10-21-35(34)46-40(50)37(28-13-3-1-4-14-28)51-32-24-22-31(23-25-32)45-39(49)36(47-38(48)29-15-5-2-6-16-29)26-30-18-11-17-27-12-7-8-19-33(27)30/h1-26,37H,(H,45,49)(H,46,50)(H,47,48)/b36-26-. The van der Waals surface area contributed by atoms with Crippen molar-refractivity contribution < 1.29 is 27.6 Å². The second-order valence-corrected chi connectivity index (χ2v) is 12.5. The van der Waals surface area contributed by atoms with Crippen molar-refractivity contribution in [1.29, 1.82) is 0 Å². The Balaban J connectivity index is 1.23. The van der Waals surface area contributed by atoms with Crippen molar-refractivity contribution in [2.45, 2.75) is 16.3 Å². The lowest BCUT2D eigenvalue weighted by molar-refractivity contribution is -0.137. The van der Waals surface area contributed by atoms with Gasteiger partial charge in [-0.3, -0.25) is 14.4 Å². The topological polar surface area (TPSA) is 87.3 Å². The van der Waals surface area contributed by atoms with E-state index in [2.05, 4.69) is 16.0 Å². The number of hydrogen-bond donors (Lipinski definition) is 3. The number of benzene rings is 6. The maximum atomic E-state index is 13.7. The number of rotatable bonds is 10. The molecule has 0 spiro atoms.